The van der Waals surface area contributed by atoms with Crippen LogP contribution >= 0.6 is 0 Å². The summed E-state index contributed by atoms with van der Waals surface area (Å²) in [7, 11) is 0. The number of fused-ring (bicyclic) bond motifs is 9. The van der Waals surface area contributed by atoms with Crippen LogP contribution in [0.2, 0.25) is 0 Å². The first-order valence-electron chi connectivity index (χ1n) is 16.8. The van der Waals surface area contributed by atoms with Gasteiger partial charge in [0, 0.05) is 49.0 Å². The van der Waals surface area contributed by atoms with E-state index in [0.29, 0.717) is 17.5 Å². The summed E-state index contributed by atoms with van der Waals surface area (Å²) >= 11 is 0. The molecule has 0 fully saturated rings. The van der Waals surface area contributed by atoms with Gasteiger partial charge in [0.1, 0.15) is 33.5 Å². The van der Waals surface area contributed by atoms with Gasteiger partial charge in [-0.05, 0) is 65.7 Å². The fraction of sp³-hybridized carbons (Fsp3) is 0. The number of rotatable bonds is 4. The largest absolute Gasteiger partial charge is 0.456 e. The van der Waals surface area contributed by atoms with Crippen molar-refractivity contribution in [3.63, 3.8) is 0 Å². The molecule has 0 bridgehead atoms. The van der Waals surface area contributed by atoms with Gasteiger partial charge in [0.2, 0.25) is 0 Å². The molecule has 0 radical (unpaired) electrons. The van der Waals surface area contributed by atoms with Gasteiger partial charge in [-0.3, -0.25) is 0 Å². The lowest BCUT2D eigenvalue weighted by molar-refractivity contribution is 0.664. The maximum absolute atomic E-state index is 6.52. The first kappa shape index (κ1) is 27.9. The van der Waals surface area contributed by atoms with Gasteiger partial charge in [0.05, 0.1) is 0 Å². The molecule has 0 aliphatic heterocycles. The monoisotopic (exact) mass is 655 g/mol. The Morgan fingerprint density at radius 1 is 0.255 bits per heavy atom. The zero-order valence-electron chi connectivity index (χ0n) is 27.0. The minimum absolute atomic E-state index is 0.589. The van der Waals surface area contributed by atoms with E-state index in [4.69, 9.17) is 28.2 Å². The molecule has 0 saturated heterocycles. The van der Waals surface area contributed by atoms with Crippen molar-refractivity contribution in [1.82, 2.24) is 15.0 Å². The van der Waals surface area contributed by atoms with E-state index < -0.39 is 0 Å². The SMILES string of the molecule is c1ccc(-c2nc(-c3ccccc3)nc(-c3ccc4c(c3)oc3cc(-c5ccc6oc7cc8c(cc7c6c5)oc5ccccc58)ccc34)n2)cc1. The average molecular weight is 656 g/mol. The highest BCUT2D eigenvalue weighted by molar-refractivity contribution is 6.15. The topological polar surface area (TPSA) is 78.1 Å². The van der Waals surface area contributed by atoms with Crippen LogP contribution < -0.4 is 0 Å². The lowest BCUT2D eigenvalue weighted by atomic mass is 10.0. The smallest absolute Gasteiger partial charge is 0.164 e. The Morgan fingerprint density at radius 2 is 0.667 bits per heavy atom. The van der Waals surface area contributed by atoms with Crippen LogP contribution in [0, 0.1) is 0 Å². The maximum atomic E-state index is 6.52. The normalized spacial score (nSPS) is 11.9. The molecule has 7 aromatic carbocycles. The molecule has 0 unspecified atom stereocenters. The van der Waals surface area contributed by atoms with Crippen molar-refractivity contribution in [2.24, 2.45) is 0 Å². The second-order valence-electron chi connectivity index (χ2n) is 12.8. The van der Waals surface area contributed by atoms with E-state index in [9.17, 15) is 0 Å². The van der Waals surface area contributed by atoms with Crippen LogP contribution in [-0.2, 0) is 0 Å². The summed E-state index contributed by atoms with van der Waals surface area (Å²) in [5, 5.41) is 6.30. The van der Waals surface area contributed by atoms with Crippen LogP contribution in [0.25, 0.3) is 111 Å². The molecule has 0 spiro atoms. The van der Waals surface area contributed by atoms with Crippen LogP contribution in [0.1, 0.15) is 0 Å². The second kappa shape index (κ2) is 10.7. The molecule has 0 amide bonds. The maximum Gasteiger partial charge on any atom is 0.164 e. The Morgan fingerprint density at radius 3 is 1.33 bits per heavy atom. The van der Waals surface area contributed by atoms with Crippen molar-refractivity contribution >= 4 is 65.8 Å². The van der Waals surface area contributed by atoms with Crippen molar-refractivity contribution < 1.29 is 13.3 Å². The van der Waals surface area contributed by atoms with Crippen LogP contribution in [-0.4, -0.2) is 15.0 Å². The molecular weight excluding hydrogens is 631 g/mol. The number of para-hydroxylation sites is 1. The summed E-state index contributed by atoms with van der Waals surface area (Å²) in [5.41, 5.74) is 9.84. The minimum Gasteiger partial charge on any atom is -0.456 e. The third-order valence-corrected chi connectivity index (χ3v) is 9.73. The molecule has 0 N–H and O–H groups in total. The highest BCUT2D eigenvalue weighted by Gasteiger charge is 2.17. The molecule has 0 atom stereocenters. The quantitative estimate of drug-likeness (QED) is 0.188. The number of nitrogens with zero attached hydrogens (tertiary/aromatic N) is 3. The van der Waals surface area contributed by atoms with E-state index in [2.05, 4.69) is 60.7 Å². The zero-order valence-corrected chi connectivity index (χ0v) is 27.0. The molecule has 0 aliphatic rings. The standard InChI is InChI=1S/C45H25N3O3/c1-3-9-26(10-4-1)43-46-44(27-11-5-2-6-12-27)48-45(47-43)30-16-19-33-32-18-15-29(22-39(32)51-40(33)23-30)28-17-20-38-34(21-28)36-25-41-35(24-42(36)50-38)31-13-7-8-14-37(31)49-41/h1-25H. The Balaban J connectivity index is 1.00. The van der Waals surface area contributed by atoms with Gasteiger partial charge in [0.15, 0.2) is 17.5 Å². The van der Waals surface area contributed by atoms with Crippen molar-refractivity contribution in [3.05, 3.63) is 152 Å². The number of hydrogen-bond acceptors (Lipinski definition) is 6. The molecule has 0 saturated carbocycles. The van der Waals surface area contributed by atoms with Crippen molar-refractivity contribution in [1.29, 1.82) is 0 Å². The van der Waals surface area contributed by atoms with Gasteiger partial charge >= 0.3 is 0 Å². The highest BCUT2D eigenvalue weighted by atomic mass is 16.3. The fourth-order valence-electron chi connectivity index (χ4n) is 7.21. The molecule has 51 heavy (non-hydrogen) atoms. The molecule has 4 aromatic heterocycles. The van der Waals surface area contributed by atoms with Crippen LogP contribution in [0.5, 0.6) is 0 Å². The first-order valence-corrected chi connectivity index (χ1v) is 16.8. The van der Waals surface area contributed by atoms with Gasteiger partial charge < -0.3 is 13.3 Å². The summed E-state index contributed by atoms with van der Waals surface area (Å²) in [6.07, 6.45) is 0. The van der Waals surface area contributed by atoms with Crippen molar-refractivity contribution in [3.8, 4) is 45.3 Å². The van der Waals surface area contributed by atoms with Gasteiger partial charge in [0.25, 0.3) is 0 Å². The van der Waals surface area contributed by atoms with E-state index in [1.807, 2.05) is 91.0 Å². The molecule has 11 rings (SSSR count). The van der Waals surface area contributed by atoms with Crippen molar-refractivity contribution in [2.45, 2.75) is 0 Å². The molecule has 6 nitrogen and oxygen atoms in total. The number of furan rings is 3. The second-order valence-corrected chi connectivity index (χ2v) is 12.8. The summed E-state index contributed by atoms with van der Waals surface area (Å²) in [5.74, 6) is 1.84. The van der Waals surface area contributed by atoms with E-state index in [0.717, 1.165) is 93.6 Å². The minimum atomic E-state index is 0.589. The fourth-order valence-corrected chi connectivity index (χ4v) is 7.21. The predicted octanol–water partition coefficient (Wildman–Crippen LogP) is 12.2. The number of aromatic nitrogens is 3. The van der Waals surface area contributed by atoms with Crippen molar-refractivity contribution in [2.75, 3.05) is 0 Å². The van der Waals surface area contributed by atoms with Gasteiger partial charge in [-0.2, -0.15) is 0 Å². The van der Waals surface area contributed by atoms with Gasteiger partial charge in [-0.15, -0.1) is 0 Å². The Bertz CT molecular complexity index is 3080. The molecule has 6 heteroatoms. The Kier molecular flexibility index (Phi) is 5.86. The lowest BCUT2D eigenvalue weighted by Crippen LogP contribution is -2.00. The van der Waals surface area contributed by atoms with E-state index >= 15 is 0 Å². The molecule has 0 aliphatic carbocycles. The van der Waals surface area contributed by atoms with Gasteiger partial charge in [-0.25, -0.2) is 15.0 Å². The van der Waals surface area contributed by atoms with E-state index in [1.54, 1.807) is 0 Å². The average Bonchev–Trinajstić information content (AvgIpc) is 3.87. The molecule has 11 aromatic rings. The summed E-state index contributed by atoms with van der Waals surface area (Å²) in [6.45, 7) is 0. The van der Waals surface area contributed by atoms with E-state index in [1.165, 1.54) is 0 Å². The third-order valence-electron chi connectivity index (χ3n) is 9.73. The molecule has 4 heterocycles. The van der Waals surface area contributed by atoms with Crippen LogP contribution in [0.4, 0.5) is 0 Å². The van der Waals surface area contributed by atoms with Crippen LogP contribution in [0.15, 0.2) is 165 Å². The predicted molar refractivity (Wildman–Crippen MR) is 203 cm³/mol. The van der Waals surface area contributed by atoms with Crippen LogP contribution in [0.3, 0.4) is 0 Å². The summed E-state index contributed by atoms with van der Waals surface area (Å²) < 4.78 is 19.0. The molecular formula is C45H25N3O3. The highest BCUT2D eigenvalue weighted by Crippen LogP contribution is 2.39. The number of benzene rings is 7. The summed E-state index contributed by atoms with van der Waals surface area (Å²) in [6, 6.07) is 51.2. The summed E-state index contributed by atoms with van der Waals surface area (Å²) in [4.78, 5) is 14.6. The van der Waals surface area contributed by atoms with Gasteiger partial charge in [-0.1, -0.05) is 97.1 Å². The number of hydrogen-bond donors (Lipinski definition) is 0. The van der Waals surface area contributed by atoms with E-state index in [-0.39, 0.29) is 0 Å². The Hall–Kier alpha value is -7.05. The first-order chi connectivity index (χ1) is 25.2. The molecule has 238 valence electrons. The lowest BCUT2D eigenvalue weighted by Gasteiger charge is -2.08. The zero-order chi connectivity index (χ0) is 33.5. The third kappa shape index (κ3) is 4.47. The Labute approximate surface area is 290 Å².